The number of likely N-dealkylation sites (tertiary alicyclic amines) is 1. The molecule has 0 bridgehead atoms. The smallest absolute Gasteiger partial charge is 0.410 e. The zero-order valence-electron chi connectivity index (χ0n) is 30.2. The average molecular weight is 714 g/mol. The predicted octanol–water partition coefficient (Wildman–Crippen LogP) is 5.68. The molecule has 3 aromatic rings. The van der Waals surface area contributed by atoms with E-state index in [-0.39, 0.29) is 43.3 Å². The van der Waals surface area contributed by atoms with E-state index in [9.17, 15) is 23.6 Å². The van der Waals surface area contributed by atoms with Crippen molar-refractivity contribution in [2.45, 2.75) is 78.9 Å². The van der Waals surface area contributed by atoms with Crippen molar-refractivity contribution in [2.75, 3.05) is 26.7 Å². The van der Waals surface area contributed by atoms with Gasteiger partial charge in [0.15, 0.2) is 6.10 Å². The Morgan fingerprint density at radius 3 is 2.31 bits per heavy atom. The summed E-state index contributed by atoms with van der Waals surface area (Å²) < 4.78 is 57.9. The first-order valence-electron chi connectivity index (χ1n) is 16.7. The van der Waals surface area contributed by atoms with Crippen molar-refractivity contribution in [1.29, 1.82) is 0 Å². The molecule has 1 aromatic heterocycles. The number of carbonyl (C=O) groups is 4. The number of imidazole rings is 1. The minimum absolute atomic E-state index is 0.0245. The van der Waals surface area contributed by atoms with Crippen LogP contribution in [0.4, 0.5) is 18.0 Å². The van der Waals surface area contributed by atoms with Crippen LogP contribution in [0, 0.1) is 23.0 Å². The molecular weight excluding hydrogens is 667 g/mol. The first kappa shape index (κ1) is 38.9. The third-order valence-corrected chi connectivity index (χ3v) is 8.68. The van der Waals surface area contributed by atoms with E-state index in [0.717, 1.165) is 30.7 Å². The van der Waals surface area contributed by atoms with Crippen LogP contribution in [-0.2, 0) is 30.4 Å². The number of aromatic nitrogens is 2. The highest BCUT2D eigenvalue weighted by Gasteiger charge is 2.49. The maximum absolute atomic E-state index is 15.9. The number of alkyl halides is 1. The van der Waals surface area contributed by atoms with E-state index < -0.39 is 70.8 Å². The summed E-state index contributed by atoms with van der Waals surface area (Å²) in [6, 6.07) is 10.8. The van der Waals surface area contributed by atoms with Crippen LogP contribution in [0.15, 0.2) is 54.7 Å². The number of nitrogens with zero attached hydrogens (tertiary/aromatic N) is 4. The summed E-state index contributed by atoms with van der Waals surface area (Å²) in [6.45, 7) is 10.1. The molecule has 1 fully saturated rings. The van der Waals surface area contributed by atoms with Crippen molar-refractivity contribution >= 4 is 23.9 Å². The first-order valence-corrected chi connectivity index (χ1v) is 16.7. The van der Waals surface area contributed by atoms with Gasteiger partial charge in [-0.15, -0.1) is 0 Å². The molecule has 14 heteroatoms. The Kier molecular flexibility index (Phi) is 11.9. The number of benzene rings is 2. The van der Waals surface area contributed by atoms with E-state index in [1.165, 1.54) is 30.0 Å². The number of nitrogens with one attached hydrogen (secondary N) is 1. The molecule has 1 N–H and O–H groups in total. The number of amides is 3. The lowest BCUT2D eigenvalue weighted by Gasteiger charge is -2.42. The van der Waals surface area contributed by atoms with E-state index in [4.69, 9.17) is 14.5 Å². The van der Waals surface area contributed by atoms with Gasteiger partial charge in [0.05, 0.1) is 17.7 Å². The van der Waals surface area contributed by atoms with Crippen molar-refractivity contribution < 1.29 is 41.8 Å². The quantitative estimate of drug-likeness (QED) is 0.254. The molecule has 4 atom stereocenters. The Hall–Kier alpha value is -4.88. The topological polar surface area (TPSA) is 123 Å². The highest BCUT2D eigenvalue weighted by Crippen LogP contribution is 2.42. The SMILES string of the molecule is CNC(=O)C(C)(C)[C@H](c1nc(-c2cc(F)ccc2F)cn1Cc1ccccc1)N(C[C@@H]1CN(C(=O)OC(C)(C)C)C[C@@H]1F)C(=O)[C@H](C)OC(C)=O. The zero-order chi connectivity index (χ0) is 37.8. The molecule has 0 unspecified atom stereocenters. The minimum atomic E-state index is -1.60. The van der Waals surface area contributed by atoms with Gasteiger partial charge in [-0.1, -0.05) is 30.3 Å². The minimum Gasteiger partial charge on any atom is -0.453 e. The fraction of sp³-hybridized carbons (Fsp3) is 0.486. The van der Waals surface area contributed by atoms with Gasteiger partial charge in [0.25, 0.3) is 5.91 Å². The summed E-state index contributed by atoms with van der Waals surface area (Å²) in [7, 11) is 1.42. The Labute approximate surface area is 296 Å². The number of hydrogen-bond acceptors (Lipinski definition) is 7. The molecule has 2 heterocycles. The van der Waals surface area contributed by atoms with Crippen LogP contribution in [0.5, 0.6) is 0 Å². The summed E-state index contributed by atoms with van der Waals surface area (Å²) in [5.74, 6) is -4.32. The third-order valence-electron chi connectivity index (χ3n) is 8.68. The normalized spacial score (nSPS) is 17.4. The molecule has 2 aromatic carbocycles. The van der Waals surface area contributed by atoms with Crippen LogP contribution < -0.4 is 5.32 Å². The van der Waals surface area contributed by atoms with Crippen molar-refractivity contribution in [1.82, 2.24) is 24.7 Å². The van der Waals surface area contributed by atoms with Gasteiger partial charge in [-0.2, -0.15) is 0 Å². The molecule has 0 saturated carbocycles. The average Bonchev–Trinajstić information content (AvgIpc) is 3.63. The predicted molar refractivity (Wildman–Crippen MR) is 183 cm³/mol. The van der Waals surface area contributed by atoms with Gasteiger partial charge in [0, 0.05) is 51.3 Å². The number of halogens is 3. The van der Waals surface area contributed by atoms with E-state index >= 15 is 8.78 Å². The third kappa shape index (κ3) is 9.27. The molecule has 11 nitrogen and oxygen atoms in total. The van der Waals surface area contributed by atoms with Crippen LogP contribution in [0.2, 0.25) is 0 Å². The van der Waals surface area contributed by atoms with Crippen LogP contribution in [0.3, 0.4) is 0 Å². The van der Waals surface area contributed by atoms with Gasteiger partial charge >= 0.3 is 12.1 Å². The van der Waals surface area contributed by atoms with Gasteiger partial charge < -0.3 is 29.2 Å². The summed E-state index contributed by atoms with van der Waals surface area (Å²) in [5, 5.41) is 2.63. The maximum atomic E-state index is 15.9. The van der Waals surface area contributed by atoms with Crippen molar-refractivity contribution in [3.8, 4) is 11.3 Å². The standard InChI is InChI=1S/C37H46F3N5O6/c1-22(50-23(2)46)33(47)45(19-25-18-44(20-29(25)40)35(49)51-36(3,4)5)31(37(6,7)34(48)41-8)32-42-30(27-16-26(38)14-15-28(27)39)21-43(32)17-24-12-10-9-11-13-24/h9-16,21-22,25,29,31H,17-20H2,1-8H3,(H,41,48)/t22-,25-,29-,31-/m0/s1. The van der Waals surface area contributed by atoms with E-state index in [1.54, 1.807) is 39.2 Å². The monoisotopic (exact) mass is 713 g/mol. The highest BCUT2D eigenvalue weighted by atomic mass is 19.1. The van der Waals surface area contributed by atoms with Crippen LogP contribution in [0.1, 0.15) is 65.9 Å². The summed E-state index contributed by atoms with van der Waals surface area (Å²) in [6.07, 6.45) is -2.18. The highest BCUT2D eigenvalue weighted by molar-refractivity contribution is 5.86. The van der Waals surface area contributed by atoms with E-state index in [0.29, 0.717) is 0 Å². The Morgan fingerprint density at radius 2 is 1.71 bits per heavy atom. The fourth-order valence-electron chi connectivity index (χ4n) is 6.26. The second-order valence-corrected chi connectivity index (χ2v) is 14.3. The molecule has 1 saturated heterocycles. The lowest BCUT2D eigenvalue weighted by Crippen LogP contribution is -2.53. The van der Waals surface area contributed by atoms with Crippen molar-refractivity contribution in [2.24, 2.45) is 11.3 Å². The number of ether oxygens (including phenoxy) is 2. The van der Waals surface area contributed by atoms with Crippen molar-refractivity contribution in [3.63, 3.8) is 0 Å². The molecule has 51 heavy (non-hydrogen) atoms. The zero-order valence-corrected chi connectivity index (χ0v) is 30.2. The van der Waals surface area contributed by atoms with Gasteiger partial charge in [0.1, 0.15) is 35.3 Å². The molecule has 3 amide bonds. The van der Waals surface area contributed by atoms with Crippen LogP contribution in [-0.4, -0.2) is 87.8 Å². The molecule has 0 radical (unpaired) electrons. The second-order valence-electron chi connectivity index (χ2n) is 14.3. The molecule has 0 aliphatic carbocycles. The van der Waals surface area contributed by atoms with Crippen LogP contribution in [0.25, 0.3) is 11.3 Å². The van der Waals surface area contributed by atoms with Gasteiger partial charge in [-0.25, -0.2) is 22.9 Å². The Balaban J connectivity index is 1.93. The Bertz CT molecular complexity index is 1740. The van der Waals surface area contributed by atoms with E-state index in [2.05, 4.69) is 5.32 Å². The first-order chi connectivity index (χ1) is 23.8. The number of esters is 1. The second kappa shape index (κ2) is 15.6. The van der Waals surface area contributed by atoms with E-state index in [1.807, 2.05) is 30.3 Å². The molecule has 1 aliphatic heterocycles. The fourth-order valence-corrected chi connectivity index (χ4v) is 6.26. The molecule has 276 valence electrons. The van der Waals surface area contributed by atoms with Crippen LogP contribution >= 0.6 is 0 Å². The Morgan fingerprint density at radius 1 is 1.04 bits per heavy atom. The summed E-state index contributed by atoms with van der Waals surface area (Å²) >= 11 is 0. The lowest BCUT2D eigenvalue weighted by molar-refractivity contribution is -0.162. The van der Waals surface area contributed by atoms with Gasteiger partial charge in [-0.3, -0.25) is 14.4 Å². The summed E-state index contributed by atoms with van der Waals surface area (Å²) in [5.41, 5.74) is -1.68. The molecule has 0 spiro atoms. The molecule has 4 rings (SSSR count). The number of rotatable bonds is 11. The van der Waals surface area contributed by atoms with Gasteiger partial charge in [-0.05, 0) is 65.3 Å². The summed E-state index contributed by atoms with van der Waals surface area (Å²) in [4.78, 5) is 60.3. The van der Waals surface area contributed by atoms with Gasteiger partial charge in [0.2, 0.25) is 5.91 Å². The largest absolute Gasteiger partial charge is 0.453 e. The van der Waals surface area contributed by atoms with Crippen molar-refractivity contribution in [3.05, 3.63) is 77.8 Å². The maximum Gasteiger partial charge on any atom is 0.410 e. The molecular formula is C37H46F3N5O6. The number of carbonyl (C=O) groups excluding carboxylic acids is 4. The molecule has 1 aliphatic rings. The lowest BCUT2D eigenvalue weighted by atomic mass is 9.80. The number of hydrogen-bond donors (Lipinski definition) is 1.